The number of benzene rings is 1. The summed E-state index contributed by atoms with van der Waals surface area (Å²) in [7, 11) is 0. The van der Waals surface area contributed by atoms with Crippen LogP contribution in [0.15, 0.2) is 30.4 Å². The molecule has 0 radical (unpaired) electrons. The van der Waals surface area contributed by atoms with Crippen LogP contribution < -0.4 is 10.1 Å². The largest absolute Gasteiger partial charge is 0.504 e. The maximum absolute atomic E-state index is 10.5. The van der Waals surface area contributed by atoms with Gasteiger partial charge in [0.25, 0.3) is 0 Å². The van der Waals surface area contributed by atoms with Gasteiger partial charge in [-0.1, -0.05) is 17.7 Å². The first kappa shape index (κ1) is 15.9. The zero-order valence-corrected chi connectivity index (χ0v) is 13.1. The number of nitrogens with one attached hydrogen (secondary N) is 1. The van der Waals surface area contributed by atoms with Crippen LogP contribution in [0.5, 0.6) is 11.5 Å². The Morgan fingerprint density at radius 3 is 2.76 bits per heavy atom. The van der Waals surface area contributed by atoms with E-state index in [2.05, 4.69) is 16.8 Å². The summed E-state index contributed by atoms with van der Waals surface area (Å²) in [6.07, 6.45) is 0.850. The Bertz CT molecular complexity index is 482. The smallest absolute Gasteiger partial charge is 0.162 e. The quantitative estimate of drug-likeness (QED) is 0.791. The van der Waals surface area contributed by atoms with Gasteiger partial charge in [0.2, 0.25) is 0 Å². The number of aromatic hydroxyl groups is 1. The molecule has 1 saturated heterocycles. The van der Waals surface area contributed by atoms with E-state index in [4.69, 9.17) is 4.74 Å². The molecule has 4 heteroatoms. The molecule has 116 valence electrons. The van der Waals surface area contributed by atoms with Gasteiger partial charge in [0, 0.05) is 37.8 Å². The Hall–Kier alpha value is -1.52. The van der Waals surface area contributed by atoms with E-state index in [1.54, 1.807) is 0 Å². The average molecular weight is 290 g/mol. The van der Waals surface area contributed by atoms with Crippen molar-refractivity contribution in [3.8, 4) is 11.5 Å². The van der Waals surface area contributed by atoms with Crippen LogP contribution >= 0.6 is 0 Å². The maximum Gasteiger partial charge on any atom is 0.162 e. The summed E-state index contributed by atoms with van der Waals surface area (Å²) in [6, 6.07) is 5.92. The van der Waals surface area contributed by atoms with Crippen molar-refractivity contribution in [3.63, 3.8) is 0 Å². The molecule has 21 heavy (non-hydrogen) atoms. The van der Waals surface area contributed by atoms with Crippen LogP contribution in [0.2, 0.25) is 0 Å². The summed E-state index contributed by atoms with van der Waals surface area (Å²) in [5.41, 5.74) is 2.06. The van der Waals surface area contributed by atoms with Crippen molar-refractivity contribution in [3.05, 3.63) is 35.9 Å². The van der Waals surface area contributed by atoms with E-state index in [0.29, 0.717) is 12.4 Å². The number of para-hydroxylation sites is 1. The first-order chi connectivity index (χ1) is 10.1. The van der Waals surface area contributed by atoms with Crippen LogP contribution in [-0.4, -0.2) is 42.8 Å². The number of phenolic OH excluding ortho intramolecular Hbond substituents is 1. The molecule has 2 N–H and O–H groups in total. The van der Waals surface area contributed by atoms with E-state index in [9.17, 15) is 5.11 Å². The van der Waals surface area contributed by atoms with E-state index >= 15 is 0 Å². The molecule has 1 aromatic carbocycles. The molecule has 1 heterocycles. The van der Waals surface area contributed by atoms with Crippen molar-refractivity contribution in [1.29, 1.82) is 0 Å². The van der Waals surface area contributed by atoms with Crippen molar-refractivity contribution in [2.45, 2.75) is 26.3 Å². The van der Waals surface area contributed by atoms with E-state index in [1.165, 1.54) is 0 Å². The lowest BCUT2D eigenvalue weighted by molar-refractivity contribution is 0.169. The summed E-state index contributed by atoms with van der Waals surface area (Å²) in [4.78, 5) is 2.41. The Morgan fingerprint density at radius 1 is 1.43 bits per heavy atom. The van der Waals surface area contributed by atoms with Crippen molar-refractivity contribution in [1.82, 2.24) is 10.2 Å². The van der Waals surface area contributed by atoms with Gasteiger partial charge < -0.3 is 15.2 Å². The molecule has 1 fully saturated rings. The highest BCUT2D eigenvalue weighted by atomic mass is 16.5. The minimum Gasteiger partial charge on any atom is -0.504 e. The topological polar surface area (TPSA) is 44.7 Å². The van der Waals surface area contributed by atoms with E-state index in [0.717, 1.165) is 43.7 Å². The van der Waals surface area contributed by atoms with E-state index in [-0.39, 0.29) is 11.8 Å². The normalized spacial score (nSPS) is 17.4. The maximum atomic E-state index is 10.5. The monoisotopic (exact) mass is 290 g/mol. The molecular formula is C17H26N2O2. The summed E-state index contributed by atoms with van der Waals surface area (Å²) in [6.45, 7) is 12.5. The van der Waals surface area contributed by atoms with E-state index < -0.39 is 0 Å². The Labute approximate surface area is 127 Å². The number of hydrogen-bond acceptors (Lipinski definition) is 4. The van der Waals surface area contributed by atoms with Crippen molar-refractivity contribution >= 4 is 0 Å². The molecule has 2 rings (SSSR count). The highest BCUT2D eigenvalue weighted by molar-refractivity contribution is 5.47. The zero-order chi connectivity index (χ0) is 15.2. The van der Waals surface area contributed by atoms with Gasteiger partial charge >= 0.3 is 0 Å². The van der Waals surface area contributed by atoms with Gasteiger partial charge in [0.15, 0.2) is 11.5 Å². The lowest BCUT2D eigenvalue weighted by atomic mass is 9.96. The third-order valence-electron chi connectivity index (χ3n) is 3.82. The first-order valence-electron chi connectivity index (χ1n) is 7.67. The summed E-state index contributed by atoms with van der Waals surface area (Å²) < 4.78 is 5.52. The molecule has 1 aliphatic heterocycles. The SMILES string of the molecule is C=C(C)C[C@@H](c1cccc(OCC)c1O)N1CCNCC1. The fraction of sp³-hybridized carbons (Fsp3) is 0.529. The average Bonchev–Trinajstić information content (AvgIpc) is 2.48. The lowest BCUT2D eigenvalue weighted by Crippen LogP contribution is -2.45. The fourth-order valence-electron chi connectivity index (χ4n) is 2.84. The molecule has 0 amide bonds. The molecule has 1 atom stereocenters. The predicted octanol–water partition coefficient (Wildman–Crippen LogP) is 2.70. The molecule has 1 aromatic rings. The van der Waals surface area contributed by atoms with Crippen LogP contribution in [0.25, 0.3) is 0 Å². The molecular weight excluding hydrogens is 264 g/mol. The lowest BCUT2D eigenvalue weighted by Gasteiger charge is -2.35. The molecule has 1 aliphatic rings. The second kappa shape index (κ2) is 7.48. The number of phenols is 1. The third kappa shape index (κ3) is 3.99. The second-order valence-corrected chi connectivity index (χ2v) is 5.59. The molecule has 0 aliphatic carbocycles. The number of nitrogens with zero attached hydrogens (tertiary/aromatic N) is 1. The predicted molar refractivity (Wildman–Crippen MR) is 85.9 cm³/mol. The van der Waals surface area contributed by atoms with Gasteiger partial charge in [0.1, 0.15) is 0 Å². The molecule has 4 nitrogen and oxygen atoms in total. The second-order valence-electron chi connectivity index (χ2n) is 5.59. The number of piperazine rings is 1. The van der Waals surface area contributed by atoms with Crippen LogP contribution in [0.4, 0.5) is 0 Å². The minimum atomic E-state index is 0.157. The van der Waals surface area contributed by atoms with Gasteiger partial charge in [-0.3, -0.25) is 4.90 Å². The van der Waals surface area contributed by atoms with Gasteiger partial charge in [0.05, 0.1) is 6.61 Å². The number of hydrogen-bond donors (Lipinski definition) is 2. The highest BCUT2D eigenvalue weighted by Gasteiger charge is 2.25. The zero-order valence-electron chi connectivity index (χ0n) is 13.1. The summed E-state index contributed by atoms with van der Waals surface area (Å²) in [5.74, 6) is 0.834. The van der Waals surface area contributed by atoms with Crippen LogP contribution in [-0.2, 0) is 0 Å². The molecule has 0 aromatic heterocycles. The summed E-state index contributed by atoms with van der Waals surface area (Å²) in [5, 5.41) is 13.9. The van der Waals surface area contributed by atoms with Gasteiger partial charge in [-0.05, 0) is 26.3 Å². The summed E-state index contributed by atoms with van der Waals surface area (Å²) >= 11 is 0. The number of ether oxygens (including phenoxy) is 1. The third-order valence-corrected chi connectivity index (χ3v) is 3.82. The Morgan fingerprint density at radius 2 is 2.14 bits per heavy atom. The Kier molecular flexibility index (Phi) is 5.65. The molecule has 0 unspecified atom stereocenters. The van der Waals surface area contributed by atoms with Crippen molar-refractivity contribution < 1.29 is 9.84 Å². The van der Waals surface area contributed by atoms with E-state index in [1.807, 2.05) is 32.0 Å². The van der Waals surface area contributed by atoms with Crippen molar-refractivity contribution in [2.24, 2.45) is 0 Å². The van der Waals surface area contributed by atoms with Gasteiger partial charge in [-0.2, -0.15) is 0 Å². The van der Waals surface area contributed by atoms with Gasteiger partial charge in [-0.25, -0.2) is 0 Å². The molecule has 0 spiro atoms. The first-order valence-corrected chi connectivity index (χ1v) is 7.67. The fourth-order valence-corrected chi connectivity index (χ4v) is 2.84. The minimum absolute atomic E-state index is 0.157. The van der Waals surface area contributed by atoms with Crippen LogP contribution in [0, 0.1) is 0 Å². The number of rotatable bonds is 6. The van der Waals surface area contributed by atoms with Crippen molar-refractivity contribution in [2.75, 3.05) is 32.8 Å². The highest BCUT2D eigenvalue weighted by Crippen LogP contribution is 2.38. The molecule has 0 saturated carbocycles. The molecule has 0 bridgehead atoms. The Balaban J connectivity index is 2.31. The van der Waals surface area contributed by atoms with Crippen LogP contribution in [0.3, 0.4) is 0 Å². The van der Waals surface area contributed by atoms with Gasteiger partial charge in [-0.15, -0.1) is 6.58 Å². The standard InChI is InChI=1S/C17H26N2O2/c1-4-21-16-7-5-6-14(17(16)20)15(12-13(2)3)19-10-8-18-9-11-19/h5-7,15,18,20H,2,4,8-12H2,1,3H3/t15-/m0/s1. The van der Waals surface area contributed by atoms with Crippen LogP contribution in [0.1, 0.15) is 31.9 Å².